The van der Waals surface area contributed by atoms with Crippen molar-refractivity contribution in [1.82, 2.24) is 20.0 Å². The predicted octanol–water partition coefficient (Wildman–Crippen LogP) is 4.48. The monoisotopic (exact) mass is 494 g/mol. The molecule has 4 rings (SSSR count). The number of alkyl halides is 3. The van der Waals surface area contributed by atoms with Crippen LogP contribution in [0.15, 0.2) is 57.4 Å². The quantitative estimate of drug-likeness (QED) is 0.535. The summed E-state index contributed by atoms with van der Waals surface area (Å²) in [4.78, 5) is 16.2. The number of piperazine rings is 1. The largest absolute Gasteiger partial charge is 0.419 e. The average molecular weight is 495 g/mol. The molecule has 1 aliphatic rings. The third-order valence-electron chi connectivity index (χ3n) is 5.02. The fourth-order valence-corrected chi connectivity index (χ4v) is 3.84. The maximum absolute atomic E-state index is 13.2. The lowest BCUT2D eigenvalue weighted by atomic mass is 10.1. The molecule has 0 aliphatic carbocycles. The summed E-state index contributed by atoms with van der Waals surface area (Å²) in [7, 11) is 0. The molecular weight excluding hydrogens is 477 g/mol. The standard InChI is InChI=1S/C21H18BrF3N4O2/c22-15-5-3-4-14(12-15)19-27-26-18(31-19)13-28-8-10-29(11-9-28)20(30)16-6-1-2-7-17(16)21(23,24)25/h1-7,12H,8-11,13H2. The number of rotatable bonds is 4. The van der Waals surface area contributed by atoms with Crippen molar-refractivity contribution < 1.29 is 22.4 Å². The van der Waals surface area contributed by atoms with Crippen molar-refractivity contribution in [2.45, 2.75) is 12.7 Å². The normalized spacial score (nSPS) is 15.3. The van der Waals surface area contributed by atoms with Gasteiger partial charge in [0.1, 0.15) is 0 Å². The smallest absolute Gasteiger partial charge is 0.417 e. The van der Waals surface area contributed by atoms with Gasteiger partial charge in [0.2, 0.25) is 11.8 Å². The molecule has 10 heteroatoms. The first-order valence-electron chi connectivity index (χ1n) is 9.57. The molecule has 0 unspecified atom stereocenters. The lowest BCUT2D eigenvalue weighted by Crippen LogP contribution is -2.48. The zero-order valence-electron chi connectivity index (χ0n) is 16.3. The van der Waals surface area contributed by atoms with E-state index in [-0.39, 0.29) is 5.56 Å². The highest BCUT2D eigenvalue weighted by Gasteiger charge is 2.36. The molecule has 1 fully saturated rings. The second-order valence-corrected chi connectivity index (χ2v) is 8.04. The third-order valence-corrected chi connectivity index (χ3v) is 5.51. The van der Waals surface area contributed by atoms with Gasteiger partial charge in [-0.3, -0.25) is 9.69 Å². The SMILES string of the molecule is O=C(c1ccccc1C(F)(F)F)N1CCN(Cc2nnc(-c3cccc(Br)c3)o2)CC1. The van der Waals surface area contributed by atoms with Crippen LogP contribution in [0.3, 0.4) is 0 Å². The van der Waals surface area contributed by atoms with Crippen molar-refractivity contribution in [2.24, 2.45) is 0 Å². The van der Waals surface area contributed by atoms with Crippen LogP contribution in [0.1, 0.15) is 21.8 Å². The Kier molecular flexibility index (Phi) is 6.10. The summed E-state index contributed by atoms with van der Waals surface area (Å²) in [6.07, 6.45) is -4.57. The highest BCUT2D eigenvalue weighted by atomic mass is 79.9. The molecule has 0 atom stereocenters. The maximum atomic E-state index is 13.2. The van der Waals surface area contributed by atoms with Crippen LogP contribution < -0.4 is 0 Å². The van der Waals surface area contributed by atoms with E-state index in [0.717, 1.165) is 16.1 Å². The van der Waals surface area contributed by atoms with Crippen LogP contribution in [0.5, 0.6) is 0 Å². The van der Waals surface area contributed by atoms with E-state index in [2.05, 4.69) is 26.1 Å². The zero-order valence-corrected chi connectivity index (χ0v) is 17.9. The maximum Gasteiger partial charge on any atom is 0.417 e. The lowest BCUT2D eigenvalue weighted by Gasteiger charge is -2.34. The van der Waals surface area contributed by atoms with Crippen molar-refractivity contribution >= 4 is 21.8 Å². The van der Waals surface area contributed by atoms with Gasteiger partial charge in [0.05, 0.1) is 17.7 Å². The van der Waals surface area contributed by atoms with Crippen molar-refractivity contribution in [1.29, 1.82) is 0 Å². The number of aromatic nitrogens is 2. The molecule has 1 aliphatic heterocycles. The van der Waals surface area contributed by atoms with Gasteiger partial charge in [-0.1, -0.05) is 34.1 Å². The molecule has 2 heterocycles. The number of carbonyl (C=O) groups excluding carboxylic acids is 1. The second-order valence-electron chi connectivity index (χ2n) is 7.12. The van der Waals surface area contributed by atoms with Crippen LogP contribution in [0.25, 0.3) is 11.5 Å². The molecule has 3 aromatic rings. The Morgan fingerprint density at radius 2 is 1.77 bits per heavy atom. The molecule has 0 radical (unpaired) electrons. The summed E-state index contributed by atoms with van der Waals surface area (Å²) in [6, 6.07) is 12.4. The summed E-state index contributed by atoms with van der Waals surface area (Å²) in [5.74, 6) is 0.244. The average Bonchev–Trinajstić information content (AvgIpc) is 3.22. The minimum atomic E-state index is -4.57. The van der Waals surface area contributed by atoms with E-state index in [9.17, 15) is 18.0 Å². The molecule has 162 valence electrons. The first kappa shape index (κ1) is 21.5. The van der Waals surface area contributed by atoms with Crippen LogP contribution in [0.4, 0.5) is 13.2 Å². The molecule has 31 heavy (non-hydrogen) atoms. The fourth-order valence-electron chi connectivity index (χ4n) is 3.44. The van der Waals surface area contributed by atoms with Gasteiger partial charge in [-0.2, -0.15) is 13.2 Å². The molecule has 2 aromatic carbocycles. The molecule has 0 bridgehead atoms. The van der Waals surface area contributed by atoms with E-state index in [1.54, 1.807) is 0 Å². The third kappa shape index (κ3) is 4.96. The summed E-state index contributed by atoms with van der Waals surface area (Å²) in [5.41, 5.74) is -0.431. The first-order chi connectivity index (χ1) is 14.8. The second kappa shape index (κ2) is 8.80. The van der Waals surface area contributed by atoms with Gasteiger partial charge in [-0.25, -0.2) is 0 Å². The van der Waals surface area contributed by atoms with Crippen LogP contribution >= 0.6 is 15.9 Å². The molecule has 6 nitrogen and oxygen atoms in total. The number of amides is 1. The minimum Gasteiger partial charge on any atom is -0.419 e. The first-order valence-corrected chi connectivity index (χ1v) is 10.4. The summed E-state index contributed by atoms with van der Waals surface area (Å²) < 4.78 is 46.3. The Morgan fingerprint density at radius 3 is 2.48 bits per heavy atom. The molecular formula is C21H18BrF3N4O2. The van der Waals surface area contributed by atoms with E-state index in [0.29, 0.717) is 44.5 Å². The van der Waals surface area contributed by atoms with Gasteiger partial charge < -0.3 is 9.32 Å². The molecule has 1 saturated heterocycles. The van der Waals surface area contributed by atoms with Gasteiger partial charge in [0.15, 0.2) is 0 Å². The number of carbonyl (C=O) groups is 1. The lowest BCUT2D eigenvalue weighted by molar-refractivity contribution is -0.138. The summed E-state index contributed by atoms with van der Waals surface area (Å²) >= 11 is 3.40. The van der Waals surface area contributed by atoms with Gasteiger partial charge in [0, 0.05) is 36.2 Å². The molecule has 1 aromatic heterocycles. The Morgan fingerprint density at radius 1 is 1.03 bits per heavy atom. The van der Waals surface area contributed by atoms with E-state index in [1.807, 2.05) is 29.2 Å². The van der Waals surface area contributed by atoms with Crippen molar-refractivity contribution in [3.05, 3.63) is 70.0 Å². The van der Waals surface area contributed by atoms with Crippen LogP contribution in [-0.2, 0) is 12.7 Å². The summed E-state index contributed by atoms with van der Waals surface area (Å²) in [6.45, 7) is 2.03. The zero-order chi connectivity index (χ0) is 22.0. The molecule has 0 spiro atoms. The summed E-state index contributed by atoms with van der Waals surface area (Å²) in [5, 5.41) is 8.15. The Hall–Kier alpha value is -2.72. The number of halogens is 4. The van der Waals surface area contributed by atoms with Gasteiger partial charge in [-0.15, -0.1) is 10.2 Å². The number of hydrogen-bond acceptors (Lipinski definition) is 5. The molecule has 1 amide bonds. The van der Waals surface area contributed by atoms with Crippen molar-refractivity contribution in [3.63, 3.8) is 0 Å². The van der Waals surface area contributed by atoms with Crippen molar-refractivity contribution in [2.75, 3.05) is 26.2 Å². The molecule has 0 saturated carbocycles. The van der Waals surface area contributed by atoms with Crippen molar-refractivity contribution in [3.8, 4) is 11.5 Å². The molecule has 0 N–H and O–H groups in total. The number of nitrogens with zero attached hydrogens (tertiary/aromatic N) is 4. The minimum absolute atomic E-state index is 0.317. The van der Waals surface area contributed by atoms with E-state index >= 15 is 0 Å². The predicted molar refractivity (Wildman–Crippen MR) is 110 cm³/mol. The van der Waals surface area contributed by atoms with Crippen LogP contribution in [0.2, 0.25) is 0 Å². The fraction of sp³-hybridized carbons (Fsp3) is 0.286. The Labute approximate surface area is 184 Å². The van der Waals surface area contributed by atoms with Gasteiger partial charge in [-0.05, 0) is 30.3 Å². The Balaban J connectivity index is 1.37. The highest BCUT2D eigenvalue weighted by Crippen LogP contribution is 2.32. The van der Waals surface area contributed by atoms with E-state index in [1.165, 1.54) is 23.1 Å². The van der Waals surface area contributed by atoms with Crippen LogP contribution in [-0.4, -0.2) is 52.1 Å². The van der Waals surface area contributed by atoms with Gasteiger partial charge in [0.25, 0.3) is 5.91 Å². The van der Waals surface area contributed by atoms with Crippen LogP contribution in [0, 0.1) is 0 Å². The highest BCUT2D eigenvalue weighted by molar-refractivity contribution is 9.10. The van der Waals surface area contributed by atoms with E-state index < -0.39 is 17.6 Å². The van der Waals surface area contributed by atoms with Gasteiger partial charge >= 0.3 is 6.18 Å². The topological polar surface area (TPSA) is 62.5 Å². The van der Waals surface area contributed by atoms with E-state index in [4.69, 9.17) is 4.42 Å². The Bertz CT molecular complexity index is 1080. The number of benzene rings is 2. The number of hydrogen-bond donors (Lipinski definition) is 0.